The number of carbonyl (C=O) groups excluding carboxylic acids is 1. The molecule has 266 valence electrons. The van der Waals surface area contributed by atoms with Crippen molar-refractivity contribution in [3.05, 3.63) is 29.3 Å². The van der Waals surface area contributed by atoms with Crippen LogP contribution in [0.15, 0.2) is 18.2 Å². The van der Waals surface area contributed by atoms with Gasteiger partial charge in [-0.2, -0.15) is 33.7 Å². The third-order valence-corrected chi connectivity index (χ3v) is 12.3. The van der Waals surface area contributed by atoms with E-state index >= 15 is 0 Å². The second-order valence-corrected chi connectivity index (χ2v) is 15.5. The van der Waals surface area contributed by atoms with Crippen molar-refractivity contribution in [2.45, 2.75) is 140 Å². The molecule has 6 atom stereocenters. The van der Waals surface area contributed by atoms with E-state index in [2.05, 4.69) is 13.0 Å². The van der Waals surface area contributed by atoms with Crippen molar-refractivity contribution in [3.63, 3.8) is 0 Å². The number of ether oxygens (including phenoxy) is 1. The molecule has 0 aliphatic heterocycles. The van der Waals surface area contributed by atoms with Crippen molar-refractivity contribution < 1.29 is 46.5 Å². The number of aromatic hydroxyl groups is 1. The van der Waals surface area contributed by atoms with Gasteiger partial charge >= 0.3 is 24.0 Å². The topological polar surface area (TPSA) is 83.8 Å². The zero-order valence-corrected chi connectivity index (χ0v) is 28.3. The van der Waals surface area contributed by atoms with Crippen molar-refractivity contribution >= 4 is 23.7 Å². The summed E-state index contributed by atoms with van der Waals surface area (Å²) in [7, 11) is 0. The summed E-state index contributed by atoms with van der Waals surface area (Å²) < 4.78 is 68.6. The highest BCUT2D eigenvalue weighted by Crippen LogP contribution is 2.63. The Bertz CT molecular complexity index is 1190. The van der Waals surface area contributed by atoms with Crippen LogP contribution in [0, 0.1) is 23.2 Å². The van der Waals surface area contributed by atoms with Gasteiger partial charge in [0.05, 0.1) is 12.8 Å². The quantitative estimate of drug-likeness (QED) is 0.0907. The molecule has 0 heterocycles. The van der Waals surface area contributed by atoms with E-state index in [0.717, 1.165) is 89.2 Å². The Kier molecular flexibility index (Phi) is 13.3. The Morgan fingerprint density at radius 3 is 2.32 bits per heavy atom. The van der Waals surface area contributed by atoms with Crippen molar-refractivity contribution in [1.82, 2.24) is 0 Å². The number of phenolic OH excluding ortho intramolecular Hbond substituents is 1. The number of thioether (sulfide) groups is 1. The van der Waals surface area contributed by atoms with E-state index in [1.807, 2.05) is 6.07 Å². The van der Waals surface area contributed by atoms with E-state index in [1.54, 1.807) is 6.07 Å². The van der Waals surface area contributed by atoms with Crippen LogP contribution >= 0.6 is 11.8 Å². The number of halogens is 5. The number of carboxylic acids is 1. The molecular formula is C36H51F5O5S. The molecule has 47 heavy (non-hydrogen) atoms. The molecule has 0 unspecified atom stereocenters. The van der Waals surface area contributed by atoms with Crippen molar-refractivity contribution in [3.8, 4) is 5.75 Å². The standard InChI is InChI=1S/C36H51F5O5S/c1-34-19-17-28-27-12-11-26(42)23-25(27)22-24(33(28)29(34)13-14-30(34)46-32(45)16-15-31(43)44)10-7-5-3-2-4-6-8-20-47-21-9-18-35(37,38)36(39,40)41/h11-12,23-24,28-30,33,42H,2-10,13-22H2,1H3,(H,43,44)/t24-,28-,29+,30+,33-,34+/m1/s1. The maximum absolute atomic E-state index is 13.0. The highest BCUT2D eigenvalue weighted by Gasteiger charge is 2.58. The SMILES string of the molecule is C[C@]12CC[C@@H]3c4ccc(O)cc4C[C@@H](CCCCCCCCCSCCCC(F)(F)C(F)(F)F)[C@H]3[C@@H]1CC[C@@H]2OC(=O)CCC(=O)O. The lowest BCUT2D eigenvalue weighted by Gasteiger charge is -2.53. The first-order valence-electron chi connectivity index (χ1n) is 17.5. The molecule has 2 fully saturated rings. The van der Waals surface area contributed by atoms with Gasteiger partial charge in [0.1, 0.15) is 11.9 Å². The van der Waals surface area contributed by atoms with Gasteiger partial charge in [0, 0.05) is 11.8 Å². The van der Waals surface area contributed by atoms with E-state index in [4.69, 9.17) is 9.84 Å². The van der Waals surface area contributed by atoms with Gasteiger partial charge in [0.2, 0.25) is 0 Å². The van der Waals surface area contributed by atoms with Crippen LogP contribution in [-0.2, 0) is 20.7 Å². The van der Waals surface area contributed by atoms with E-state index < -0.39 is 30.5 Å². The highest BCUT2D eigenvalue weighted by atomic mass is 32.2. The molecule has 1 aromatic carbocycles. The average Bonchev–Trinajstić information content (AvgIpc) is 3.32. The van der Waals surface area contributed by atoms with Crippen LogP contribution in [-0.4, -0.2) is 51.9 Å². The summed E-state index contributed by atoms with van der Waals surface area (Å²) in [6.45, 7) is 2.27. The minimum atomic E-state index is -5.46. The maximum Gasteiger partial charge on any atom is 0.453 e. The van der Waals surface area contributed by atoms with Gasteiger partial charge < -0.3 is 14.9 Å². The number of carboxylic acid groups (broad SMARTS) is 1. The zero-order valence-electron chi connectivity index (χ0n) is 27.5. The number of unbranched alkanes of at least 4 members (excludes halogenated alkanes) is 6. The van der Waals surface area contributed by atoms with Gasteiger partial charge in [-0.05, 0) is 110 Å². The predicted molar refractivity (Wildman–Crippen MR) is 173 cm³/mol. The van der Waals surface area contributed by atoms with Crippen LogP contribution in [0.3, 0.4) is 0 Å². The van der Waals surface area contributed by atoms with Crippen molar-refractivity contribution in [2.24, 2.45) is 23.2 Å². The normalized spacial score (nSPS) is 27.1. The van der Waals surface area contributed by atoms with E-state index in [1.165, 1.54) is 22.9 Å². The molecule has 0 spiro atoms. The van der Waals surface area contributed by atoms with Gasteiger partial charge in [0.15, 0.2) is 0 Å². The van der Waals surface area contributed by atoms with Crippen molar-refractivity contribution in [1.29, 1.82) is 0 Å². The smallest absolute Gasteiger partial charge is 0.453 e. The fourth-order valence-electron chi connectivity index (χ4n) is 8.77. The van der Waals surface area contributed by atoms with Crippen LogP contribution in [0.5, 0.6) is 5.75 Å². The molecule has 0 saturated heterocycles. The summed E-state index contributed by atoms with van der Waals surface area (Å²) in [5.74, 6) is -2.83. The number of hydrogen-bond donors (Lipinski definition) is 2. The van der Waals surface area contributed by atoms with E-state index in [0.29, 0.717) is 35.2 Å². The number of aliphatic carboxylic acids is 1. The monoisotopic (exact) mass is 690 g/mol. The third-order valence-electron chi connectivity index (χ3n) is 11.2. The number of alkyl halides is 5. The first-order valence-corrected chi connectivity index (χ1v) is 18.6. The minimum Gasteiger partial charge on any atom is -0.508 e. The number of benzene rings is 1. The third kappa shape index (κ3) is 9.78. The Balaban J connectivity index is 1.21. The summed E-state index contributed by atoms with van der Waals surface area (Å²) in [5.41, 5.74) is 2.48. The van der Waals surface area contributed by atoms with Gasteiger partial charge in [0.25, 0.3) is 0 Å². The van der Waals surface area contributed by atoms with Gasteiger partial charge in [-0.15, -0.1) is 0 Å². The fraction of sp³-hybridized carbons (Fsp3) is 0.778. The summed E-state index contributed by atoms with van der Waals surface area (Å²) >= 11 is 1.45. The van der Waals surface area contributed by atoms with Crippen LogP contribution in [0.2, 0.25) is 0 Å². The largest absolute Gasteiger partial charge is 0.508 e. The minimum absolute atomic E-state index is 0.102. The van der Waals surface area contributed by atoms with Crippen LogP contribution in [0.1, 0.15) is 127 Å². The number of hydrogen-bond acceptors (Lipinski definition) is 5. The molecule has 0 amide bonds. The molecule has 4 rings (SSSR count). The fourth-order valence-corrected chi connectivity index (χ4v) is 9.73. The molecule has 11 heteroatoms. The average molecular weight is 691 g/mol. The summed E-state index contributed by atoms with van der Waals surface area (Å²) in [5, 5.41) is 19.2. The zero-order chi connectivity index (χ0) is 34.2. The predicted octanol–water partition coefficient (Wildman–Crippen LogP) is 10.1. The molecular weight excluding hydrogens is 639 g/mol. The second kappa shape index (κ2) is 16.6. The number of esters is 1. The lowest BCUT2D eigenvalue weighted by molar-refractivity contribution is -0.284. The molecule has 3 aliphatic carbocycles. The first kappa shape index (κ1) is 37.8. The molecule has 5 nitrogen and oxygen atoms in total. The lowest BCUT2D eigenvalue weighted by atomic mass is 9.52. The lowest BCUT2D eigenvalue weighted by Crippen LogP contribution is -2.48. The summed E-state index contributed by atoms with van der Waals surface area (Å²) in [6, 6.07) is 5.83. The number of carbonyl (C=O) groups is 2. The molecule has 0 bridgehead atoms. The van der Waals surface area contributed by atoms with Gasteiger partial charge in [-0.25, -0.2) is 0 Å². The molecule has 1 aromatic rings. The second-order valence-electron chi connectivity index (χ2n) is 14.3. The summed E-state index contributed by atoms with van der Waals surface area (Å²) in [4.78, 5) is 23.4. The Morgan fingerprint density at radius 1 is 0.936 bits per heavy atom. The Labute approximate surface area is 279 Å². The highest BCUT2D eigenvalue weighted by molar-refractivity contribution is 7.99. The van der Waals surface area contributed by atoms with Crippen LogP contribution in [0.4, 0.5) is 22.0 Å². The van der Waals surface area contributed by atoms with Crippen molar-refractivity contribution in [2.75, 3.05) is 11.5 Å². The maximum atomic E-state index is 13.0. The number of phenols is 1. The summed E-state index contributed by atoms with van der Waals surface area (Å²) in [6.07, 6.45) is 6.11. The van der Waals surface area contributed by atoms with Gasteiger partial charge in [-0.3, -0.25) is 9.59 Å². The molecule has 2 saturated carbocycles. The first-order chi connectivity index (χ1) is 22.2. The Hall–Kier alpha value is -2.04. The Morgan fingerprint density at radius 2 is 1.62 bits per heavy atom. The van der Waals surface area contributed by atoms with Crippen LogP contribution in [0.25, 0.3) is 0 Å². The molecule has 3 aliphatic rings. The molecule has 0 aromatic heterocycles. The van der Waals surface area contributed by atoms with Crippen LogP contribution < -0.4 is 0 Å². The van der Waals surface area contributed by atoms with Gasteiger partial charge in [-0.1, -0.05) is 51.5 Å². The van der Waals surface area contributed by atoms with E-state index in [-0.39, 0.29) is 30.8 Å². The number of rotatable bonds is 18. The molecule has 2 N–H and O–H groups in total. The molecule has 0 radical (unpaired) electrons. The number of fused-ring (bicyclic) bond motifs is 5. The van der Waals surface area contributed by atoms with E-state index in [9.17, 15) is 36.6 Å².